The summed E-state index contributed by atoms with van der Waals surface area (Å²) in [4.78, 5) is 0.108. The van der Waals surface area contributed by atoms with E-state index in [-0.39, 0.29) is 16.3 Å². The van der Waals surface area contributed by atoms with E-state index in [0.717, 1.165) is 11.6 Å². The van der Waals surface area contributed by atoms with Gasteiger partial charge in [0.2, 0.25) is 0 Å². The van der Waals surface area contributed by atoms with E-state index < -0.39 is 15.8 Å². The molecule has 0 atom stereocenters. The van der Waals surface area contributed by atoms with Gasteiger partial charge in [-0.1, -0.05) is 29.3 Å². The number of halogens is 2. The lowest BCUT2D eigenvalue weighted by molar-refractivity contribution is 0.600. The second kappa shape index (κ2) is 6.26. The largest absolute Gasteiger partial charge is 0.280 e. The Balaban J connectivity index is 1.88. The van der Waals surface area contributed by atoms with Crippen molar-refractivity contribution in [2.24, 2.45) is 0 Å². The Hall–Kier alpha value is -2.38. The van der Waals surface area contributed by atoms with Crippen LogP contribution in [0.5, 0.6) is 0 Å². The van der Waals surface area contributed by atoms with E-state index in [1.165, 1.54) is 41.3 Å². The third-order valence-electron chi connectivity index (χ3n) is 3.33. The van der Waals surface area contributed by atoms with Crippen molar-refractivity contribution < 1.29 is 12.8 Å². The van der Waals surface area contributed by atoms with Gasteiger partial charge >= 0.3 is 0 Å². The lowest BCUT2D eigenvalue weighted by Crippen LogP contribution is -2.13. The number of hydrogen-bond donors (Lipinski definition) is 1. The molecule has 1 aromatic heterocycles. The van der Waals surface area contributed by atoms with Gasteiger partial charge in [-0.05, 0) is 31.2 Å². The Labute approximate surface area is 143 Å². The number of rotatable bonds is 4. The van der Waals surface area contributed by atoms with Gasteiger partial charge in [-0.3, -0.25) is 4.72 Å². The second-order valence-corrected chi connectivity index (χ2v) is 7.31. The minimum atomic E-state index is -3.78. The molecule has 0 unspecified atom stereocenters. The van der Waals surface area contributed by atoms with Crippen molar-refractivity contribution >= 4 is 27.3 Å². The van der Waals surface area contributed by atoms with Crippen LogP contribution in [0.15, 0.2) is 59.8 Å². The number of hydrogen-bond acceptors (Lipinski definition) is 3. The van der Waals surface area contributed by atoms with Gasteiger partial charge < -0.3 is 0 Å². The Morgan fingerprint density at radius 1 is 1.17 bits per heavy atom. The zero-order chi connectivity index (χ0) is 17.3. The minimum absolute atomic E-state index is 0.108. The highest BCUT2D eigenvalue weighted by atomic mass is 35.5. The van der Waals surface area contributed by atoms with Crippen molar-refractivity contribution in [2.45, 2.75) is 11.8 Å². The molecule has 0 fully saturated rings. The van der Waals surface area contributed by atoms with Gasteiger partial charge in [0, 0.05) is 12.3 Å². The highest BCUT2D eigenvalue weighted by Crippen LogP contribution is 2.22. The second-order valence-electron chi connectivity index (χ2n) is 5.19. The zero-order valence-corrected chi connectivity index (χ0v) is 14.1. The molecule has 1 N–H and O–H groups in total. The molecule has 0 aliphatic heterocycles. The molecule has 0 aliphatic rings. The first-order chi connectivity index (χ1) is 11.3. The van der Waals surface area contributed by atoms with E-state index in [2.05, 4.69) is 9.82 Å². The summed E-state index contributed by atoms with van der Waals surface area (Å²) in [5.74, 6) is -0.626. The van der Waals surface area contributed by atoms with Gasteiger partial charge in [-0.15, -0.1) is 0 Å². The first-order valence-corrected chi connectivity index (χ1v) is 8.81. The van der Waals surface area contributed by atoms with E-state index in [1.54, 1.807) is 12.1 Å². The fourth-order valence-electron chi connectivity index (χ4n) is 2.12. The first kappa shape index (κ1) is 16.5. The third-order valence-corrected chi connectivity index (χ3v) is 4.92. The molecule has 0 radical (unpaired) electrons. The average Bonchev–Trinajstić information content (AvgIpc) is 2.93. The molecule has 0 spiro atoms. The van der Waals surface area contributed by atoms with E-state index in [9.17, 15) is 12.8 Å². The van der Waals surface area contributed by atoms with E-state index in [4.69, 9.17) is 11.6 Å². The average molecular weight is 366 g/mol. The van der Waals surface area contributed by atoms with Crippen molar-refractivity contribution in [1.29, 1.82) is 0 Å². The number of nitrogens with zero attached hydrogens (tertiary/aromatic N) is 2. The van der Waals surface area contributed by atoms with Crippen LogP contribution in [0.4, 0.5) is 10.1 Å². The highest BCUT2D eigenvalue weighted by Gasteiger charge is 2.15. The zero-order valence-electron chi connectivity index (χ0n) is 12.6. The summed E-state index contributed by atoms with van der Waals surface area (Å²) < 4.78 is 42.5. The summed E-state index contributed by atoms with van der Waals surface area (Å²) in [5.41, 5.74) is 1.23. The van der Waals surface area contributed by atoms with Gasteiger partial charge in [0.05, 0.1) is 21.8 Å². The molecule has 3 aromatic rings. The fraction of sp³-hybridized carbons (Fsp3) is 0.0625. The molecule has 8 heteroatoms. The monoisotopic (exact) mass is 365 g/mol. The van der Waals surface area contributed by atoms with Crippen molar-refractivity contribution in [3.05, 3.63) is 71.3 Å². The fourth-order valence-corrected chi connectivity index (χ4v) is 3.31. The summed E-state index contributed by atoms with van der Waals surface area (Å²) in [6, 6.07) is 10.4. The molecule has 2 aromatic carbocycles. The van der Waals surface area contributed by atoms with Crippen LogP contribution < -0.4 is 4.72 Å². The molecule has 3 rings (SSSR count). The Bertz CT molecular complexity index is 985. The maximum atomic E-state index is 14.2. The maximum absolute atomic E-state index is 14.2. The van der Waals surface area contributed by atoms with Crippen molar-refractivity contribution in [3.63, 3.8) is 0 Å². The molecule has 5 nitrogen and oxygen atoms in total. The Kier molecular flexibility index (Phi) is 4.29. The molecule has 0 aliphatic carbocycles. The number of aryl methyl sites for hydroxylation is 1. The summed E-state index contributed by atoms with van der Waals surface area (Å²) >= 11 is 5.76. The lowest BCUT2D eigenvalue weighted by Gasteiger charge is -2.10. The van der Waals surface area contributed by atoms with Gasteiger partial charge in [0.25, 0.3) is 10.0 Å². The first-order valence-electron chi connectivity index (χ1n) is 6.95. The lowest BCUT2D eigenvalue weighted by atomic mass is 10.2. The normalized spacial score (nSPS) is 11.5. The Morgan fingerprint density at radius 3 is 2.46 bits per heavy atom. The maximum Gasteiger partial charge on any atom is 0.261 e. The van der Waals surface area contributed by atoms with Crippen LogP contribution in [0.3, 0.4) is 0 Å². The van der Waals surface area contributed by atoms with Gasteiger partial charge in [0.15, 0.2) is 5.82 Å². The third kappa shape index (κ3) is 3.42. The molecular weight excluding hydrogens is 353 g/mol. The van der Waals surface area contributed by atoms with Crippen LogP contribution in [0.2, 0.25) is 5.02 Å². The van der Waals surface area contributed by atoms with Gasteiger partial charge in [-0.2, -0.15) is 5.10 Å². The van der Waals surface area contributed by atoms with Crippen molar-refractivity contribution in [2.75, 3.05) is 4.72 Å². The van der Waals surface area contributed by atoms with Gasteiger partial charge in [-0.25, -0.2) is 17.5 Å². The van der Waals surface area contributed by atoms with Crippen LogP contribution in [0, 0.1) is 12.7 Å². The highest BCUT2D eigenvalue weighted by molar-refractivity contribution is 7.92. The van der Waals surface area contributed by atoms with E-state index in [0.29, 0.717) is 5.02 Å². The van der Waals surface area contributed by atoms with E-state index >= 15 is 0 Å². The number of sulfonamides is 1. The molecule has 0 amide bonds. The topological polar surface area (TPSA) is 64.0 Å². The summed E-state index contributed by atoms with van der Waals surface area (Å²) in [6.07, 6.45) is 2.84. The molecule has 0 saturated heterocycles. The molecule has 1 heterocycles. The molecule has 0 saturated carbocycles. The quantitative estimate of drug-likeness (QED) is 0.765. The molecule has 24 heavy (non-hydrogen) atoms. The minimum Gasteiger partial charge on any atom is -0.280 e. The molecule has 0 bridgehead atoms. The Morgan fingerprint density at radius 2 is 1.88 bits per heavy atom. The number of anilines is 1. The predicted molar refractivity (Wildman–Crippen MR) is 90.5 cm³/mol. The van der Waals surface area contributed by atoms with E-state index in [1.807, 2.05) is 6.92 Å². The number of nitrogens with one attached hydrogen (secondary N) is 1. The standard InChI is InChI=1S/C16H13ClFN3O2S/c1-11-2-5-14(6-3-11)24(22,23)20-13-4-7-16(15(18)8-13)21-10-12(17)9-19-21/h2-10,20H,1H3. The molecule has 124 valence electrons. The van der Waals surface area contributed by atoms with Crippen LogP contribution >= 0.6 is 11.6 Å². The van der Waals surface area contributed by atoms with Gasteiger partial charge in [0.1, 0.15) is 5.69 Å². The summed E-state index contributed by atoms with van der Waals surface area (Å²) in [5, 5.41) is 4.29. The smallest absolute Gasteiger partial charge is 0.261 e. The number of aromatic nitrogens is 2. The number of benzene rings is 2. The van der Waals surface area contributed by atoms with Crippen LogP contribution in [-0.2, 0) is 10.0 Å². The molecular formula is C16H13ClFN3O2S. The van der Waals surface area contributed by atoms with Crippen molar-refractivity contribution in [1.82, 2.24) is 9.78 Å². The predicted octanol–water partition coefficient (Wildman–Crippen LogP) is 3.77. The van der Waals surface area contributed by atoms with Crippen molar-refractivity contribution in [3.8, 4) is 5.69 Å². The summed E-state index contributed by atoms with van der Waals surface area (Å²) in [7, 11) is -3.78. The summed E-state index contributed by atoms with van der Waals surface area (Å²) in [6.45, 7) is 1.86. The van der Waals surface area contributed by atoms with Crippen LogP contribution in [0.1, 0.15) is 5.56 Å². The SMILES string of the molecule is Cc1ccc(S(=O)(=O)Nc2ccc(-n3cc(Cl)cn3)c(F)c2)cc1. The van der Waals surface area contributed by atoms with Crippen LogP contribution in [0.25, 0.3) is 5.69 Å². The van der Waals surface area contributed by atoms with Crippen LogP contribution in [-0.4, -0.2) is 18.2 Å².